The molecule has 0 amide bonds. The maximum Gasteiger partial charge on any atom is 0.192 e. The molecule has 0 saturated carbocycles. The van der Waals surface area contributed by atoms with Gasteiger partial charge in [-0.15, -0.1) is 6.58 Å². The molecule has 0 bridgehead atoms. The van der Waals surface area contributed by atoms with E-state index in [0.29, 0.717) is 12.8 Å². The highest BCUT2D eigenvalue weighted by atomic mass is 28.4. The number of aliphatic hydroxyl groups is 1. The molecule has 0 heterocycles. The molecule has 23 heavy (non-hydrogen) atoms. The summed E-state index contributed by atoms with van der Waals surface area (Å²) in [6.07, 6.45) is 6.63. The monoisotopic (exact) mass is 332 g/mol. The number of benzene rings is 1. The van der Waals surface area contributed by atoms with Crippen molar-refractivity contribution in [2.24, 2.45) is 0 Å². The Kier molecular flexibility index (Phi) is 7.45. The second-order valence-corrected chi connectivity index (χ2v) is 12.4. The lowest BCUT2D eigenvalue weighted by Crippen LogP contribution is -2.44. The van der Waals surface area contributed by atoms with E-state index in [2.05, 4.69) is 64.7 Å². The zero-order chi connectivity index (χ0) is 17.5. The summed E-state index contributed by atoms with van der Waals surface area (Å²) < 4.78 is 6.50. The van der Waals surface area contributed by atoms with Crippen LogP contribution < -0.4 is 0 Å². The van der Waals surface area contributed by atoms with E-state index < -0.39 is 14.4 Å². The van der Waals surface area contributed by atoms with Crippen molar-refractivity contribution in [2.75, 3.05) is 0 Å². The van der Waals surface area contributed by atoms with Gasteiger partial charge in [0.2, 0.25) is 0 Å². The van der Waals surface area contributed by atoms with Crippen LogP contribution in [-0.4, -0.2) is 25.6 Å². The molecule has 0 aliphatic carbocycles. The molecule has 3 heteroatoms. The summed E-state index contributed by atoms with van der Waals surface area (Å²) in [6.45, 7) is 14.9. The predicted molar refractivity (Wildman–Crippen MR) is 103 cm³/mol. The van der Waals surface area contributed by atoms with Crippen LogP contribution in [0.2, 0.25) is 18.1 Å². The van der Waals surface area contributed by atoms with Crippen LogP contribution >= 0.6 is 0 Å². The van der Waals surface area contributed by atoms with Crippen molar-refractivity contribution in [3.05, 3.63) is 54.6 Å². The van der Waals surface area contributed by atoms with Crippen LogP contribution in [0, 0.1) is 0 Å². The fraction of sp³-hybridized carbons (Fsp3) is 0.500. The van der Waals surface area contributed by atoms with Gasteiger partial charge in [0.25, 0.3) is 0 Å². The summed E-state index contributed by atoms with van der Waals surface area (Å²) in [5.41, 5.74) is 1.15. The molecule has 2 atom stereocenters. The third kappa shape index (κ3) is 6.86. The topological polar surface area (TPSA) is 29.5 Å². The van der Waals surface area contributed by atoms with Crippen LogP contribution in [0.4, 0.5) is 0 Å². The van der Waals surface area contributed by atoms with Gasteiger partial charge in [0.1, 0.15) is 0 Å². The molecular weight excluding hydrogens is 300 g/mol. The number of aliphatic hydroxyl groups excluding tert-OH is 1. The van der Waals surface area contributed by atoms with Gasteiger partial charge in [-0.3, -0.25) is 0 Å². The first kappa shape index (κ1) is 19.9. The Morgan fingerprint density at radius 2 is 1.83 bits per heavy atom. The average Bonchev–Trinajstić information content (AvgIpc) is 2.44. The molecule has 0 unspecified atom stereocenters. The minimum atomic E-state index is -1.88. The quantitative estimate of drug-likeness (QED) is 0.509. The highest BCUT2D eigenvalue weighted by Crippen LogP contribution is 2.38. The summed E-state index contributed by atoms with van der Waals surface area (Å²) in [4.78, 5) is 0. The van der Waals surface area contributed by atoms with Gasteiger partial charge in [0.05, 0.1) is 12.2 Å². The average molecular weight is 333 g/mol. The van der Waals surface area contributed by atoms with Crippen molar-refractivity contribution in [1.82, 2.24) is 0 Å². The first-order valence-corrected chi connectivity index (χ1v) is 11.3. The van der Waals surface area contributed by atoms with E-state index in [1.165, 1.54) is 0 Å². The van der Waals surface area contributed by atoms with Crippen LogP contribution in [-0.2, 0) is 4.43 Å². The van der Waals surface area contributed by atoms with Gasteiger partial charge < -0.3 is 9.53 Å². The number of hydrogen-bond donors (Lipinski definition) is 1. The highest BCUT2D eigenvalue weighted by Gasteiger charge is 2.38. The third-order valence-corrected chi connectivity index (χ3v) is 9.00. The second kappa shape index (κ2) is 8.62. The van der Waals surface area contributed by atoms with E-state index in [1.807, 2.05) is 18.2 Å². The summed E-state index contributed by atoms with van der Waals surface area (Å²) >= 11 is 0. The van der Waals surface area contributed by atoms with Gasteiger partial charge in [0.15, 0.2) is 8.32 Å². The smallest absolute Gasteiger partial charge is 0.192 e. The minimum absolute atomic E-state index is 0.0777. The SMILES string of the molecule is C=CC[C@@H](O)C[C@@H](/C=C/c1ccccc1)O[Si](C)(C)C(C)(C)C. The second-order valence-electron chi connectivity index (χ2n) is 7.60. The van der Waals surface area contributed by atoms with Gasteiger partial charge in [0, 0.05) is 6.42 Å². The molecule has 0 fully saturated rings. The molecule has 0 aliphatic rings. The molecule has 0 saturated heterocycles. The van der Waals surface area contributed by atoms with Gasteiger partial charge in [-0.05, 0) is 30.1 Å². The summed E-state index contributed by atoms with van der Waals surface area (Å²) in [6, 6.07) is 10.2. The molecule has 0 radical (unpaired) electrons. The van der Waals surface area contributed by atoms with Gasteiger partial charge >= 0.3 is 0 Å². The zero-order valence-electron chi connectivity index (χ0n) is 15.3. The van der Waals surface area contributed by atoms with Crippen molar-refractivity contribution in [3.8, 4) is 0 Å². The fourth-order valence-corrected chi connectivity index (χ4v) is 3.35. The Hall–Kier alpha value is -1.16. The standard InChI is InChI=1S/C20H32O2Si/c1-7-11-18(21)16-19(22-23(5,6)20(2,3)4)15-14-17-12-9-8-10-13-17/h7-10,12-15,18-19,21H,1,11,16H2,2-6H3/b15-14+/t18-,19-/m1/s1. The van der Waals surface area contributed by atoms with Crippen LogP contribution in [0.15, 0.2) is 49.1 Å². The lowest BCUT2D eigenvalue weighted by atomic mass is 10.1. The lowest BCUT2D eigenvalue weighted by Gasteiger charge is -2.39. The van der Waals surface area contributed by atoms with Gasteiger partial charge in [-0.1, -0.05) is 69.3 Å². The molecule has 2 nitrogen and oxygen atoms in total. The Balaban J connectivity index is 2.88. The molecule has 0 aliphatic heterocycles. The van der Waals surface area contributed by atoms with Crippen molar-refractivity contribution in [1.29, 1.82) is 0 Å². The molecule has 0 aromatic heterocycles. The van der Waals surface area contributed by atoms with Crippen molar-refractivity contribution in [2.45, 2.75) is 64.0 Å². The van der Waals surface area contributed by atoms with Crippen molar-refractivity contribution >= 4 is 14.4 Å². The number of hydrogen-bond acceptors (Lipinski definition) is 2. The van der Waals surface area contributed by atoms with Crippen LogP contribution in [0.25, 0.3) is 6.08 Å². The Labute approximate surface area is 143 Å². The van der Waals surface area contributed by atoms with Gasteiger partial charge in [-0.2, -0.15) is 0 Å². The Bertz CT molecular complexity index is 500. The molecule has 1 rings (SSSR count). The summed E-state index contributed by atoms with van der Waals surface area (Å²) in [5.74, 6) is 0. The van der Waals surface area contributed by atoms with E-state index >= 15 is 0 Å². The molecule has 0 spiro atoms. The summed E-state index contributed by atoms with van der Waals surface area (Å²) in [7, 11) is -1.88. The fourth-order valence-electron chi connectivity index (χ4n) is 2.06. The maximum atomic E-state index is 10.1. The first-order chi connectivity index (χ1) is 10.7. The molecule has 1 N–H and O–H groups in total. The molecular formula is C20H32O2Si. The van der Waals surface area contributed by atoms with E-state index in [0.717, 1.165) is 5.56 Å². The third-order valence-electron chi connectivity index (χ3n) is 4.50. The normalized spacial score (nSPS) is 15.6. The predicted octanol–water partition coefficient (Wildman–Crippen LogP) is 5.42. The summed E-state index contributed by atoms with van der Waals surface area (Å²) in [5, 5.41) is 10.3. The van der Waals surface area contributed by atoms with E-state index in [4.69, 9.17) is 4.43 Å². The first-order valence-electron chi connectivity index (χ1n) is 8.36. The largest absolute Gasteiger partial charge is 0.410 e. The van der Waals surface area contributed by atoms with E-state index in [-0.39, 0.29) is 11.1 Å². The van der Waals surface area contributed by atoms with Crippen LogP contribution in [0.1, 0.15) is 39.2 Å². The minimum Gasteiger partial charge on any atom is -0.410 e. The van der Waals surface area contributed by atoms with E-state index in [9.17, 15) is 5.11 Å². The lowest BCUT2D eigenvalue weighted by molar-refractivity contribution is 0.110. The highest BCUT2D eigenvalue weighted by molar-refractivity contribution is 6.74. The number of rotatable bonds is 8. The Morgan fingerprint density at radius 3 is 2.35 bits per heavy atom. The van der Waals surface area contributed by atoms with Crippen LogP contribution in [0.3, 0.4) is 0 Å². The van der Waals surface area contributed by atoms with Crippen molar-refractivity contribution in [3.63, 3.8) is 0 Å². The van der Waals surface area contributed by atoms with Crippen molar-refractivity contribution < 1.29 is 9.53 Å². The zero-order valence-corrected chi connectivity index (χ0v) is 16.3. The maximum absolute atomic E-state index is 10.1. The molecule has 1 aromatic carbocycles. The Morgan fingerprint density at radius 1 is 1.22 bits per heavy atom. The van der Waals surface area contributed by atoms with Crippen LogP contribution in [0.5, 0.6) is 0 Å². The van der Waals surface area contributed by atoms with Gasteiger partial charge in [-0.25, -0.2) is 0 Å². The molecule has 1 aromatic rings. The molecule has 128 valence electrons. The van der Waals surface area contributed by atoms with E-state index in [1.54, 1.807) is 6.08 Å².